The van der Waals surface area contributed by atoms with Crippen molar-refractivity contribution in [3.63, 3.8) is 0 Å². The van der Waals surface area contributed by atoms with Gasteiger partial charge in [0.2, 0.25) is 0 Å². The zero-order valence-electron chi connectivity index (χ0n) is 10.9. The van der Waals surface area contributed by atoms with Gasteiger partial charge in [-0.1, -0.05) is 11.8 Å². The Bertz CT molecular complexity index is 616. The molecule has 0 unspecified atom stereocenters. The fourth-order valence-corrected chi connectivity index (χ4v) is 2.69. The van der Waals surface area contributed by atoms with Crippen LogP contribution in [0.3, 0.4) is 0 Å². The summed E-state index contributed by atoms with van der Waals surface area (Å²) in [5, 5.41) is 10.7. The van der Waals surface area contributed by atoms with Crippen LogP contribution in [0.2, 0.25) is 0 Å². The van der Waals surface area contributed by atoms with Crippen molar-refractivity contribution in [3.8, 4) is 0 Å². The van der Waals surface area contributed by atoms with Crippen molar-refractivity contribution < 1.29 is 9.59 Å². The number of H-pyrrole nitrogens is 2. The maximum absolute atomic E-state index is 12.1. The average molecular weight is 278 g/mol. The van der Waals surface area contributed by atoms with Crippen molar-refractivity contribution in [1.29, 1.82) is 0 Å². The molecule has 19 heavy (non-hydrogen) atoms. The molecule has 2 aromatic rings. The number of nitrogens with zero attached hydrogens (tertiary/aromatic N) is 2. The van der Waals surface area contributed by atoms with Crippen LogP contribution in [-0.4, -0.2) is 37.7 Å². The second-order valence-electron chi connectivity index (χ2n) is 4.20. The van der Waals surface area contributed by atoms with Crippen molar-refractivity contribution in [2.75, 3.05) is 5.75 Å². The van der Waals surface area contributed by atoms with Gasteiger partial charge in [0.15, 0.2) is 11.6 Å². The summed E-state index contributed by atoms with van der Waals surface area (Å²) in [6.45, 7) is 5.08. The number of aryl methyl sites for hydroxylation is 1. The summed E-state index contributed by atoms with van der Waals surface area (Å²) in [6, 6.07) is 0. The SMILES string of the molecule is CC(=O)c1c(C)[nH]c(C(=O)CSc2cn[nH]n2)c1C. The number of rotatable bonds is 5. The van der Waals surface area contributed by atoms with Crippen LogP contribution in [0, 0.1) is 13.8 Å². The second-order valence-corrected chi connectivity index (χ2v) is 5.20. The smallest absolute Gasteiger partial charge is 0.189 e. The van der Waals surface area contributed by atoms with E-state index in [0.717, 1.165) is 11.3 Å². The summed E-state index contributed by atoms with van der Waals surface area (Å²) in [7, 11) is 0. The molecule has 0 bridgehead atoms. The first kappa shape index (κ1) is 13.5. The Morgan fingerprint density at radius 1 is 1.37 bits per heavy atom. The monoisotopic (exact) mass is 278 g/mol. The number of aromatic nitrogens is 4. The Morgan fingerprint density at radius 2 is 2.11 bits per heavy atom. The van der Waals surface area contributed by atoms with Gasteiger partial charge in [0.1, 0.15) is 5.03 Å². The lowest BCUT2D eigenvalue weighted by Gasteiger charge is -1.99. The minimum atomic E-state index is -0.0545. The molecule has 0 saturated heterocycles. The van der Waals surface area contributed by atoms with E-state index in [4.69, 9.17) is 0 Å². The van der Waals surface area contributed by atoms with E-state index in [-0.39, 0.29) is 17.3 Å². The predicted molar refractivity (Wildman–Crippen MR) is 71.7 cm³/mol. The number of carbonyl (C=O) groups excluding carboxylic acids is 2. The Morgan fingerprint density at radius 3 is 2.63 bits per heavy atom. The van der Waals surface area contributed by atoms with E-state index in [1.807, 2.05) is 0 Å². The lowest BCUT2D eigenvalue weighted by atomic mass is 10.1. The summed E-state index contributed by atoms with van der Waals surface area (Å²) in [4.78, 5) is 26.6. The minimum Gasteiger partial charge on any atom is -0.355 e. The number of nitrogens with one attached hydrogen (secondary N) is 2. The standard InChI is InChI=1S/C12H14N4O2S/c1-6-11(8(3)17)7(2)14-12(6)9(18)5-19-10-4-13-16-15-10/h4,14H,5H2,1-3H3,(H,13,15,16). The van der Waals surface area contributed by atoms with Crippen LogP contribution in [0.15, 0.2) is 11.2 Å². The molecule has 0 aromatic carbocycles. The zero-order valence-corrected chi connectivity index (χ0v) is 11.7. The van der Waals surface area contributed by atoms with E-state index in [0.29, 0.717) is 16.3 Å². The molecule has 0 spiro atoms. The molecule has 0 radical (unpaired) electrons. The molecule has 100 valence electrons. The van der Waals surface area contributed by atoms with Gasteiger partial charge in [0.25, 0.3) is 0 Å². The topological polar surface area (TPSA) is 91.5 Å². The molecule has 0 aliphatic heterocycles. The molecule has 2 rings (SSSR count). The largest absolute Gasteiger partial charge is 0.355 e. The van der Waals surface area contributed by atoms with Gasteiger partial charge in [-0.2, -0.15) is 10.3 Å². The predicted octanol–water partition coefficient (Wildman–Crippen LogP) is 1.93. The molecule has 0 aliphatic carbocycles. The van der Waals surface area contributed by atoms with Crippen molar-refractivity contribution in [2.45, 2.75) is 25.8 Å². The zero-order chi connectivity index (χ0) is 14.0. The van der Waals surface area contributed by atoms with Crippen LogP contribution in [0.5, 0.6) is 0 Å². The molecule has 0 saturated carbocycles. The Hall–Kier alpha value is -1.89. The summed E-state index contributed by atoms with van der Waals surface area (Å²) in [5.74, 6) is 0.167. The quantitative estimate of drug-likeness (QED) is 0.644. The molecule has 0 aliphatic rings. The highest BCUT2D eigenvalue weighted by atomic mass is 32.2. The molecule has 0 atom stereocenters. The lowest BCUT2D eigenvalue weighted by molar-refractivity contribution is 0.101. The van der Waals surface area contributed by atoms with E-state index >= 15 is 0 Å². The van der Waals surface area contributed by atoms with Crippen molar-refractivity contribution in [2.24, 2.45) is 0 Å². The first-order chi connectivity index (χ1) is 9.00. The molecular weight excluding hydrogens is 264 g/mol. The van der Waals surface area contributed by atoms with E-state index in [9.17, 15) is 9.59 Å². The van der Waals surface area contributed by atoms with Crippen LogP contribution in [0.4, 0.5) is 0 Å². The number of hydrogen-bond acceptors (Lipinski definition) is 5. The van der Waals surface area contributed by atoms with Gasteiger partial charge in [-0.05, 0) is 26.3 Å². The summed E-state index contributed by atoms with van der Waals surface area (Å²) < 4.78 is 0. The molecule has 2 heterocycles. The van der Waals surface area contributed by atoms with Crippen molar-refractivity contribution in [1.82, 2.24) is 20.4 Å². The normalized spacial score (nSPS) is 10.7. The van der Waals surface area contributed by atoms with Crippen LogP contribution in [0.25, 0.3) is 0 Å². The van der Waals surface area contributed by atoms with Gasteiger partial charge < -0.3 is 4.98 Å². The average Bonchev–Trinajstić information content (AvgIpc) is 2.94. The summed E-state index contributed by atoms with van der Waals surface area (Å²) >= 11 is 1.30. The molecule has 7 heteroatoms. The van der Waals surface area contributed by atoms with Gasteiger partial charge in [-0.25, -0.2) is 0 Å². The third-order valence-electron chi connectivity index (χ3n) is 2.81. The number of aromatic amines is 2. The Balaban J connectivity index is 2.15. The van der Waals surface area contributed by atoms with E-state index in [1.165, 1.54) is 18.7 Å². The molecular formula is C12H14N4O2S. The van der Waals surface area contributed by atoms with Gasteiger partial charge >= 0.3 is 0 Å². The fraction of sp³-hybridized carbons (Fsp3) is 0.333. The van der Waals surface area contributed by atoms with Crippen LogP contribution in [-0.2, 0) is 0 Å². The third-order valence-corrected chi connectivity index (χ3v) is 3.71. The highest BCUT2D eigenvalue weighted by Crippen LogP contribution is 2.21. The number of hydrogen-bond donors (Lipinski definition) is 2. The molecule has 6 nitrogen and oxygen atoms in total. The fourth-order valence-electron chi connectivity index (χ4n) is 2.03. The van der Waals surface area contributed by atoms with Gasteiger partial charge in [0, 0.05) is 11.3 Å². The lowest BCUT2D eigenvalue weighted by Crippen LogP contribution is -2.05. The number of thioether (sulfide) groups is 1. The second kappa shape index (κ2) is 5.40. The van der Waals surface area contributed by atoms with Crippen molar-refractivity contribution >= 4 is 23.3 Å². The summed E-state index contributed by atoms with van der Waals surface area (Å²) in [6.07, 6.45) is 1.56. The third kappa shape index (κ3) is 2.76. The van der Waals surface area contributed by atoms with Crippen LogP contribution >= 0.6 is 11.8 Å². The van der Waals surface area contributed by atoms with Gasteiger partial charge in [-0.3, -0.25) is 9.59 Å². The first-order valence-electron chi connectivity index (χ1n) is 5.72. The molecule has 0 amide bonds. The molecule has 2 aromatic heterocycles. The minimum absolute atomic E-state index is 0.0329. The Labute approximate surface area is 114 Å². The van der Waals surface area contributed by atoms with Crippen LogP contribution < -0.4 is 0 Å². The van der Waals surface area contributed by atoms with E-state index in [2.05, 4.69) is 20.4 Å². The summed E-state index contributed by atoms with van der Waals surface area (Å²) in [5.41, 5.74) is 2.56. The number of Topliss-reactive ketones (excluding diaryl/α,β-unsaturated/α-hetero) is 2. The van der Waals surface area contributed by atoms with E-state index in [1.54, 1.807) is 20.0 Å². The highest BCUT2D eigenvalue weighted by molar-refractivity contribution is 7.99. The highest BCUT2D eigenvalue weighted by Gasteiger charge is 2.19. The number of carbonyl (C=O) groups is 2. The maximum Gasteiger partial charge on any atom is 0.189 e. The van der Waals surface area contributed by atoms with Crippen molar-refractivity contribution in [3.05, 3.63) is 28.7 Å². The molecule has 0 fully saturated rings. The van der Waals surface area contributed by atoms with Gasteiger partial charge in [0.05, 0.1) is 17.6 Å². The number of ketones is 2. The Kier molecular flexibility index (Phi) is 3.84. The maximum atomic E-state index is 12.1. The van der Waals surface area contributed by atoms with E-state index < -0.39 is 0 Å². The van der Waals surface area contributed by atoms with Crippen LogP contribution in [0.1, 0.15) is 39.0 Å². The van der Waals surface area contributed by atoms with Gasteiger partial charge in [-0.15, -0.1) is 5.10 Å². The first-order valence-corrected chi connectivity index (χ1v) is 6.71. The molecule has 2 N–H and O–H groups in total.